The van der Waals surface area contributed by atoms with Gasteiger partial charge in [-0.05, 0) is 25.5 Å². The van der Waals surface area contributed by atoms with Crippen molar-refractivity contribution < 1.29 is 9.13 Å². The van der Waals surface area contributed by atoms with Crippen LogP contribution in [0.25, 0.3) is 0 Å². The van der Waals surface area contributed by atoms with Crippen LogP contribution < -0.4 is 4.74 Å². The number of nitrogens with zero attached hydrogens (tertiary/aromatic N) is 1. The van der Waals surface area contributed by atoms with Gasteiger partial charge in [-0.2, -0.15) is 5.26 Å². The third-order valence-electron chi connectivity index (χ3n) is 2.18. The van der Waals surface area contributed by atoms with Crippen LogP contribution in [0.2, 0.25) is 0 Å². The highest BCUT2D eigenvalue weighted by Crippen LogP contribution is 2.30. The Kier molecular flexibility index (Phi) is 3.08. The average molecular weight is 193 g/mol. The number of aryl methyl sites for hydroxylation is 1. The molecule has 0 radical (unpaired) electrons. The van der Waals surface area contributed by atoms with Gasteiger partial charge in [0.15, 0.2) is 0 Å². The van der Waals surface area contributed by atoms with E-state index in [4.69, 9.17) is 10.00 Å². The summed E-state index contributed by atoms with van der Waals surface area (Å²) in [6.07, 6.45) is 0. The lowest BCUT2D eigenvalue weighted by Crippen LogP contribution is -2.01. The van der Waals surface area contributed by atoms with E-state index in [0.717, 1.165) is 0 Å². The van der Waals surface area contributed by atoms with Crippen molar-refractivity contribution in [1.29, 1.82) is 5.26 Å². The van der Waals surface area contributed by atoms with Gasteiger partial charge in [0.25, 0.3) is 0 Å². The molecule has 1 aromatic rings. The van der Waals surface area contributed by atoms with Gasteiger partial charge in [0.1, 0.15) is 11.6 Å². The van der Waals surface area contributed by atoms with Crippen molar-refractivity contribution in [3.63, 3.8) is 0 Å². The first-order valence-electron chi connectivity index (χ1n) is 4.34. The first-order chi connectivity index (χ1) is 6.61. The van der Waals surface area contributed by atoms with Gasteiger partial charge in [0.2, 0.25) is 0 Å². The largest absolute Gasteiger partial charge is 0.496 e. The lowest BCUT2D eigenvalue weighted by molar-refractivity contribution is 0.403. The molecular formula is C11H12FNO. The number of hydrogen-bond acceptors (Lipinski definition) is 2. The minimum atomic E-state index is -0.496. The van der Waals surface area contributed by atoms with Crippen molar-refractivity contribution in [1.82, 2.24) is 0 Å². The molecular weight excluding hydrogens is 181 g/mol. The predicted molar refractivity (Wildman–Crippen MR) is 51.7 cm³/mol. The minimum Gasteiger partial charge on any atom is -0.496 e. The zero-order valence-electron chi connectivity index (χ0n) is 8.47. The van der Waals surface area contributed by atoms with Crippen molar-refractivity contribution in [3.05, 3.63) is 29.1 Å². The Labute approximate surface area is 82.9 Å². The zero-order valence-corrected chi connectivity index (χ0v) is 8.47. The molecule has 0 spiro atoms. The molecule has 0 heterocycles. The lowest BCUT2D eigenvalue weighted by Gasteiger charge is -2.12. The Morgan fingerprint density at radius 3 is 2.64 bits per heavy atom. The van der Waals surface area contributed by atoms with Crippen molar-refractivity contribution in [2.75, 3.05) is 7.11 Å². The maximum atomic E-state index is 13.7. The fraction of sp³-hybridized carbons (Fsp3) is 0.364. The molecule has 74 valence electrons. The highest BCUT2D eigenvalue weighted by Gasteiger charge is 2.17. The zero-order chi connectivity index (χ0) is 10.7. The summed E-state index contributed by atoms with van der Waals surface area (Å²) in [4.78, 5) is 0. The van der Waals surface area contributed by atoms with Gasteiger partial charge < -0.3 is 4.74 Å². The summed E-state index contributed by atoms with van der Waals surface area (Å²) >= 11 is 0. The monoisotopic (exact) mass is 193 g/mol. The summed E-state index contributed by atoms with van der Waals surface area (Å²) in [6.45, 7) is 3.32. The average Bonchev–Trinajstić information content (AvgIpc) is 2.20. The molecule has 0 aromatic heterocycles. The predicted octanol–water partition coefficient (Wildman–Crippen LogP) is 2.77. The summed E-state index contributed by atoms with van der Waals surface area (Å²) in [7, 11) is 1.47. The molecule has 1 unspecified atom stereocenters. The van der Waals surface area contributed by atoms with Crippen molar-refractivity contribution >= 4 is 0 Å². The van der Waals surface area contributed by atoms with E-state index in [1.807, 2.05) is 6.07 Å². The van der Waals surface area contributed by atoms with E-state index in [1.165, 1.54) is 7.11 Å². The Bertz CT molecular complexity index is 382. The van der Waals surface area contributed by atoms with Crippen molar-refractivity contribution in [2.45, 2.75) is 19.8 Å². The quantitative estimate of drug-likeness (QED) is 0.723. The summed E-state index contributed by atoms with van der Waals surface area (Å²) in [5.41, 5.74) is 0.873. The van der Waals surface area contributed by atoms with E-state index in [-0.39, 0.29) is 5.82 Å². The standard InChI is InChI=1S/C11H12FNO/c1-7-4-5-9(14-3)10(11(7)12)8(2)6-13/h4-5,8H,1-3H3. The van der Waals surface area contributed by atoms with E-state index >= 15 is 0 Å². The summed E-state index contributed by atoms with van der Waals surface area (Å²) in [5.74, 6) is -0.412. The molecule has 0 bridgehead atoms. The molecule has 0 saturated carbocycles. The normalized spacial score (nSPS) is 11.9. The number of nitriles is 1. The molecule has 0 aliphatic rings. The summed E-state index contributed by atoms with van der Waals surface area (Å²) in [6, 6.07) is 5.33. The van der Waals surface area contributed by atoms with Gasteiger partial charge in [-0.1, -0.05) is 6.07 Å². The smallest absolute Gasteiger partial charge is 0.134 e. The number of hydrogen-bond donors (Lipinski definition) is 0. The molecule has 0 saturated heterocycles. The van der Waals surface area contributed by atoms with Crippen molar-refractivity contribution in [2.24, 2.45) is 0 Å². The van der Waals surface area contributed by atoms with Gasteiger partial charge in [0, 0.05) is 5.56 Å². The minimum absolute atomic E-state index is 0.343. The van der Waals surface area contributed by atoms with Crippen LogP contribution in [0.1, 0.15) is 24.0 Å². The Morgan fingerprint density at radius 1 is 1.50 bits per heavy atom. The molecule has 14 heavy (non-hydrogen) atoms. The molecule has 3 heteroatoms. The lowest BCUT2D eigenvalue weighted by atomic mass is 9.98. The van der Waals surface area contributed by atoms with Crippen LogP contribution in [0.15, 0.2) is 12.1 Å². The maximum absolute atomic E-state index is 13.7. The third kappa shape index (κ3) is 1.69. The Hall–Kier alpha value is -1.56. The molecule has 1 rings (SSSR count). The van der Waals surface area contributed by atoms with Gasteiger partial charge in [0.05, 0.1) is 19.1 Å². The molecule has 0 fully saturated rings. The van der Waals surface area contributed by atoms with E-state index in [0.29, 0.717) is 16.9 Å². The topological polar surface area (TPSA) is 33.0 Å². The highest BCUT2D eigenvalue weighted by molar-refractivity contribution is 5.42. The number of halogens is 1. The first-order valence-corrected chi connectivity index (χ1v) is 4.34. The molecule has 2 nitrogen and oxygen atoms in total. The maximum Gasteiger partial charge on any atom is 0.134 e. The molecule has 0 aliphatic heterocycles. The van der Waals surface area contributed by atoms with Crippen LogP contribution in [-0.4, -0.2) is 7.11 Å². The number of rotatable bonds is 2. The van der Waals surface area contributed by atoms with E-state index in [2.05, 4.69) is 0 Å². The second-order valence-electron chi connectivity index (χ2n) is 3.16. The molecule has 0 N–H and O–H groups in total. The van der Waals surface area contributed by atoms with Crippen LogP contribution in [0.4, 0.5) is 4.39 Å². The van der Waals surface area contributed by atoms with Crippen LogP contribution in [0.5, 0.6) is 5.75 Å². The summed E-state index contributed by atoms with van der Waals surface area (Å²) < 4.78 is 18.7. The van der Waals surface area contributed by atoms with E-state index in [9.17, 15) is 4.39 Å². The third-order valence-corrected chi connectivity index (χ3v) is 2.18. The SMILES string of the molecule is COc1ccc(C)c(F)c1C(C)C#N. The van der Waals surface area contributed by atoms with Gasteiger partial charge in [-0.25, -0.2) is 4.39 Å². The second kappa shape index (κ2) is 4.10. The van der Waals surface area contributed by atoms with Gasteiger partial charge in [-0.3, -0.25) is 0 Å². The molecule has 0 aliphatic carbocycles. The highest BCUT2D eigenvalue weighted by atomic mass is 19.1. The van der Waals surface area contributed by atoms with Crippen LogP contribution >= 0.6 is 0 Å². The molecule has 1 aromatic carbocycles. The Morgan fingerprint density at radius 2 is 2.14 bits per heavy atom. The number of benzene rings is 1. The Balaban J connectivity index is 3.37. The van der Waals surface area contributed by atoms with Gasteiger partial charge in [-0.15, -0.1) is 0 Å². The van der Waals surface area contributed by atoms with E-state index in [1.54, 1.807) is 26.0 Å². The molecule has 1 atom stereocenters. The van der Waals surface area contributed by atoms with E-state index < -0.39 is 5.92 Å². The van der Waals surface area contributed by atoms with Crippen LogP contribution in [0.3, 0.4) is 0 Å². The fourth-order valence-electron chi connectivity index (χ4n) is 1.33. The number of methoxy groups -OCH3 is 1. The van der Waals surface area contributed by atoms with Crippen molar-refractivity contribution in [3.8, 4) is 11.8 Å². The van der Waals surface area contributed by atoms with Crippen LogP contribution in [-0.2, 0) is 0 Å². The molecule has 0 amide bonds. The second-order valence-corrected chi connectivity index (χ2v) is 3.16. The number of ether oxygens (including phenoxy) is 1. The summed E-state index contributed by atoms with van der Waals surface area (Å²) in [5, 5.41) is 8.75. The van der Waals surface area contributed by atoms with Crippen LogP contribution in [0, 0.1) is 24.1 Å². The fourth-order valence-corrected chi connectivity index (χ4v) is 1.33. The van der Waals surface area contributed by atoms with Gasteiger partial charge >= 0.3 is 0 Å². The first kappa shape index (κ1) is 10.5.